The van der Waals surface area contributed by atoms with Crippen molar-refractivity contribution >= 4 is 32.6 Å². The summed E-state index contributed by atoms with van der Waals surface area (Å²) in [4.78, 5) is 21.5. The molecule has 1 aromatic heterocycles. The van der Waals surface area contributed by atoms with E-state index in [4.69, 9.17) is 14.5 Å². The average molecular weight is 361 g/mol. The van der Waals surface area contributed by atoms with E-state index in [1.54, 1.807) is 25.6 Å². The van der Waals surface area contributed by atoms with Crippen molar-refractivity contribution in [1.82, 2.24) is 9.88 Å². The first-order valence-corrected chi connectivity index (χ1v) is 9.58. The summed E-state index contributed by atoms with van der Waals surface area (Å²) in [6.45, 7) is 3.20. The molecule has 1 aliphatic heterocycles. The Kier molecular flexibility index (Phi) is 4.41. The SMILES string of the molecule is COc1ccc(OC)c2sc(N3CCN(C(=O)C4CCC4)CC3)nc12. The van der Waals surface area contributed by atoms with Crippen molar-refractivity contribution < 1.29 is 14.3 Å². The summed E-state index contributed by atoms with van der Waals surface area (Å²) in [5.74, 6) is 2.21. The van der Waals surface area contributed by atoms with Crippen LogP contribution in [0.5, 0.6) is 11.5 Å². The third-order valence-electron chi connectivity index (χ3n) is 5.22. The monoisotopic (exact) mass is 361 g/mol. The molecule has 7 heteroatoms. The topological polar surface area (TPSA) is 54.9 Å². The van der Waals surface area contributed by atoms with Crippen LogP contribution in [-0.4, -0.2) is 56.2 Å². The van der Waals surface area contributed by atoms with Crippen molar-refractivity contribution in [2.75, 3.05) is 45.3 Å². The smallest absolute Gasteiger partial charge is 0.225 e. The molecule has 2 aromatic rings. The van der Waals surface area contributed by atoms with Crippen molar-refractivity contribution in [2.24, 2.45) is 5.92 Å². The van der Waals surface area contributed by atoms with Gasteiger partial charge in [-0.25, -0.2) is 4.98 Å². The van der Waals surface area contributed by atoms with Gasteiger partial charge in [0.25, 0.3) is 0 Å². The zero-order valence-corrected chi connectivity index (χ0v) is 15.5. The number of hydrogen-bond acceptors (Lipinski definition) is 6. The number of hydrogen-bond donors (Lipinski definition) is 0. The minimum absolute atomic E-state index is 0.280. The molecular weight excluding hydrogens is 338 g/mol. The van der Waals surface area contributed by atoms with Crippen LogP contribution in [0.25, 0.3) is 10.2 Å². The van der Waals surface area contributed by atoms with E-state index < -0.39 is 0 Å². The van der Waals surface area contributed by atoms with Crippen LogP contribution in [0.3, 0.4) is 0 Å². The highest BCUT2D eigenvalue weighted by atomic mass is 32.1. The molecule has 0 radical (unpaired) electrons. The van der Waals surface area contributed by atoms with Gasteiger partial charge in [-0.3, -0.25) is 4.79 Å². The fourth-order valence-electron chi connectivity index (χ4n) is 3.44. The molecule has 1 amide bonds. The normalized spacial score (nSPS) is 18.3. The molecule has 1 saturated heterocycles. The van der Waals surface area contributed by atoms with E-state index in [-0.39, 0.29) is 5.92 Å². The molecule has 1 aliphatic carbocycles. The number of piperazine rings is 1. The third kappa shape index (κ3) is 2.90. The Labute approximate surface area is 151 Å². The van der Waals surface area contributed by atoms with Gasteiger partial charge in [0.05, 0.1) is 14.2 Å². The number of benzene rings is 1. The van der Waals surface area contributed by atoms with Crippen LogP contribution in [0.2, 0.25) is 0 Å². The van der Waals surface area contributed by atoms with E-state index in [0.717, 1.165) is 65.9 Å². The lowest BCUT2D eigenvalue weighted by Crippen LogP contribution is -2.51. The van der Waals surface area contributed by atoms with Crippen molar-refractivity contribution in [1.29, 1.82) is 0 Å². The Morgan fingerprint density at radius 3 is 2.40 bits per heavy atom. The second kappa shape index (κ2) is 6.71. The number of anilines is 1. The highest BCUT2D eigenvalue weighted by molar-refractivity contribution is 7.22. The number of nitrogens with zero attached hydrogens (tertiary/aromatic N) is 3. The molecule has 2 heterocycles. The molecule has 0 N–H and O–H groups in total. The first kappa shape index (κ1) is 16.4. The van der Waals surface area contributed by atoms with Gasteiger partial charge in [0.15, 0.2) is 5.13 Å². The number of fused-ring (bicyclic) bond motifs is 1. The van der Waals surface area contributed by atoms with Crippen molar-refractivity contribution in [3.05, 3.63) is 12.1 Å². The Bertz CT molecular complexity index is 738. The molecule has 2 aliphatic rings. The van der Waals surface area contributed by atoms with Gasteiger partial charge in [-0.2, -0.15) is 0 Å². The number of carbonyl (C=O) groups is 1. The molecule has 25 heavy (non-hydrogen) atoms. The number of ether oxygens (including phenoxy) is 2. The van der Waals surface area contributed by atoms with Gasteiger partial charge >= 0.3 is 0 Å². The van der Waals surface area contributed by atoms with Crippen LogP contribution < -0.4 is 14.4 Å². The molecule has 0 spiro atoms. The molecule has 6 nitrogen and oxygen atoms in total. The summed E-state index contributed by atoms with van der Waals surface area (Å²) >= 11 is 1.62. The van der Waals surface area contributed by atoms with E-state index in [1.165, 1.54) is 6.42 Å². The summed E-state index contributed by atoms with van der Waals surface area (Å²) in [6.07, 6.45) is 3.33. The fraction of sp³-hybridized carbons (Fsp3) is 0.556. The molecule has 4 rings (SSSR count). The zero-order chi connectivity index (χ0) is 17.4. The van der Waals surface area contributed by atoms with Crippen molar-refractivity contribution in [3.8, 4) is 11.5 Å². The van der Waals surface area contributed by atoms with Crippen molar-refractivity contribution in [2.45, 2.75) is 19.3 Å². The van der Waals surface area contributed by atoms with Gasteiger partial charge in [-0.1, -0.05) is 17.8 Å². The number of aromatic nitrogens is 1. The lowest BCUT2D eigenvalue weighted by Gasteiger charge is -2.38. The molecule has 2 fully saturated rings. The van der Waals surface area contributed by atoms with Crippen LogP contribution in [0, 0.1) is 5.92 Å². The maximum atomic E-state index is 12.4. The molecule has 1 aromatic carbocycles. The standard InChI is InChI=1S/C18H23N3O3S/c1-23-13-6-7-14(24-2)16-15(13)19-18(25-16)21-10-8-20(9-11-21)17(22)12-4-3-5-12/h6-7,12H,3-5,8-11H2,1-2H3. The van der Waals surface area contributed by atoms with Gasteiger partial charge in [0.2, 0.25) is 5.91 Å². The minimum atomic E-state index is 0.280. The second-order valence-electron chi connectivity index (χ2n) is 6.58. The Morgan fingerprint density at radius 1 is 1.12 bits per heavy atom. The van der Waals surface area contributed by atoms with Gasteiger partial charge in [0, 0.05) is 32.1 Å². The molecule has 0 unspecified atom stereocenters. The predicted molar refractivity (Wildman–Crippen MR) is 98.9 cm³/mol. The Hall–Kier alpha value is -2.02. The number of amides is 1. The zero-order valence-electron chi connectivity index (χ0n) is 14.7. The quantitative estimate of drug-likeness (QED) is 0.838. The van der Waals surface area contributed by atoms with E-state index in [2.05, 4.69) is 4.90 Å². The second-order valence-corrected chi connectivity index (χ2v) is 7.56. The summed E-state index contributed by atoms with van der Waals surface area (Å²) in [5, 5.41) is 0.966. The predicted octanol–water partition coefficient (Wildman–Crippen LogP) is 2.76. The van der Waals surface area contributed by atoms with E-state index in [9.17, 15) is 4.79 Å². The number of methoxy groups -OCH3 is 2. The van der Waals surface area contributed by atoms with Crippen molar-refractivity contribution in [3.63, 3.8) is 0 Å². The summed E-state index contributed by atoms with van der Waals surface area (Å²) < 4.78 is 11.9. The van der Waals surface area contributed by atoms with Crippen LogP contribution in [0.4, 0.5) is 5.13 Å². The van der Waals surface area contributed by atoms with E-state index in [1.807, 2.05) is 17.0 Å². The Balaban J connectivity index is 1.52. The first-order valence-electron chi connectivity index (χ1n) is 8.76. The highest BCUT2D eigenvalue weighted by Crippen LogP contribution is 2.40. The molecular formula is C18H23N3O3S. The summed E-state index contributed by atoms with van der Waals surface area (Å²) in [5.41, 5.74) is 0.842. The van der Waals surface area contributed by atoms with Gasteiger partial charge in [-0.05, 0) is 25.0 Å². The first-order chi connectivity index (χ1) is 12.2. The molecule has 0 bridgehead atoms. The summed E-state index contributed by atoms with van der Waals surface area (Å²) in [6, 6.07) is 3.80. The third-order valence-corrected chi connectivity index (χ3v) is 6.35. The Morgan fingerprint density at radius 2 is 1.80 bits per heavy atom. The molecule has 1 saturated carbocycles. The summed E-state index contributed by atoms with van der Waals surface area (Å²) in [7, 11) is 3.33. The minimum Gasteiger partial charge on any atom is -0.495 e. The van der Waals surface area contributed by atoms with Crippen LogP contribution in [0.1, 0.15) is 19.3 Å². The van der Waals surface area contributed by atoms with Crippen LogP contribution >= 0.6 is 11.3 Å². The highest BCUT2D eigenvalue weighted by Gasteiger charge is 2.31. The van der Waals surface area contributed by atoms with Gasteiger partial charge < -0.3 is 19.3 Å². The molecule has 134 valence electrons. The fourth-order valence-corrected chi connectivity index (χ4v) is 4.57. The molecule has 0 atom stereocenters. The largest absolute Gasteiger partial charge is 0.495 e. The number of rotatable bonds is 4. The van der Waals surface area contributed by atoms with E-state index >= 15 is 0 Å². The number of thiazole rings is 1. The van der Waals surface area contributed by atoms with Gasteiger partial charge in [-0.15, -0.1) is 0 Å². The van der Waals surface area contributed by atoms with Crippen LogP contribution in [0.15, 0.2) is 12.1 Å². The van der Waals surface area contributed by atoms with Gasteiger partial charge in [0.1, 0.15) is 21.7 Å². The lowest BCUT2D eigenvalue weighted by molar-refractivity contribution is -0.138. The van der Waals surface area contributed by atoms with Crippen LogP contribution in [-0.2, 0) is 4.79 Å². The lowest BCUT2D eigenvalue weighted by atomic mass is 9.84. The number of carbonyl (C=O) groups excluding carboxylic acids is 1. The average Bonchev–Trinajstić information content (AvgIpc) is 3.05. The maximum absolute atomic E-state index is 12.4. The maximum Gasteiger partial charge on any atom is 0.225 e. The van der Waals surface area contributed by atoms with E-state index in [0.29, 0.717) is 5.91 Å².